The van der Waals surface area contributed by atoms with Crippen molar-refractivity contribution in [3.8, 4) is 0 Å². The van der Waals surface area contributed by atoms with E-state index < -0.39 is 11.6 Å². The highest BCUT2D eigenvalue weighted by Crippen LogP contribution is 2.30. The molecule has 2 N–H and O–H groups in total. The summed E-state index contributed by atoms with van der Waals surface area (Å²) in [6.07, 6.45) is 1.97. The molecule has 1 aliphatic rings. The van der Waals surface area contributed by atoms with Crippen LogP contribution in [-0.2, 0) is 4.79 Å². The van der Waals surface area contributed by atoms with Gasteiger partial charge in [0.2, 0.25) is 0 Å². The Morgan fingerprint density at radius 3 is 2.50 bits per heavy atom. The topological polar surface area (TPSA) is 57.5 Å². The molecular weight excluding hydrogens is 176 g/mol. The maximum atomic E-state index is 10.3. The summed E-state index contributed by atoms with van der Waals surface area (Å²) in [6, 6.07) is 0. The molecule has 0 spiro atoms. The van der Waals surface area contributed by atoms with Crippen molar-refractivity contribution in [2.75, 3.05) is 11.5 Å². The zero-order chi connectivity index (χ0) is 9.03. The van der Waals surface area contributed by atoms with E-state index in [1.807, 2.05) is 11.8 Å². The van der Waals surface area contributed by atoms with Crippen molar-refractivity contribution >= 4 is 17.7 Å². The molecule has 0 unspecified atom stereocenters. The van der Waals surface area contributed by atoms with Gasteiger partial charge in [0.15, 0.2) is 0 Å². The Hall–Kier alpha value is -0.220. The number of carbonyl (C=O) groups is 1. The first kappa shape index (κ1) is 9.86. The molecule has 1 saturated heterocycles. The molecule has 3 nitrogen and oxygen atoms in total. The number of thioether (sulfide) groups is 1. The van der Waals surface area contributed by atoms with Crippen LogP contribution in [0, 0.1) is 0 Å². The molecule has 0 bridgehead atoms. The SMILES string of the molecule is O=C(O)CCC1(O)CCSCC1. The lowest BCUT2D eigenvalue weighted by molar-refractivity contribution is -0.138. The highest BCUT2D eigenvalue weighted by Gasteiger charge is 2.29. The minimum Gasteiger partial charge on any atom is -0.481 e. The van der Waals surface area contributed by atoms with Gasteiger partial charge in [0, 0.05) is 6.42 Å². The predicted molar refractivity (Wildman–Crippen MR) is 48.4 cm³/mol. The van der Waals surface area contributed by atoms with Crippen LogP contribution >= 0.6 is 11.8 Å². The Morgan fingerprint density at radius 2 is 2.00 bits per heavy atom. The van der Waals surface area contributed by atoms with Crippen molar-refractivity contribution in [1.82, 2.24) is 0 Å². The summed E-state index contributed by atoms with van der Waals surface area (Å²) in [4.78, 5) is 10.3. The van der Waals surface area contributed by atoms with E-state index in [-0.39, 0.29) is 6.42 Å². The molecule has 0 aromatic rings. The van der Waals surface area contributed by atoms with E-state index in [1.54, 1.807) is 0 Å². The summed E-state index contributed by atoms with van der Waals surface area (Å²) in [5.74, 6) is 1.09. The van der Waals surface area contributed by atoms with E-state index in [0.29, 0.717) is 6.42 Å². The monoisotopic (exact) mass is 190 g/mol. The van der Waals surface area contributed by atoms with Crippen molar-refractivity contribution in [2.45, 2.75) is 31.3 Å². The van der Waals surface area contributed by atoms with Crippen LogP contribution in [0.25, 0.3) is 0 Å². The molecule has 70 valence electrons. The Kier molecular flexibility index (Phi) is 3.40. The largest absolute Gasteiger partial charge is 0.481 e. The first-order chi connectivity index (χ1) is 5.62. The van der Waals surface area contributed by atoms with Crippen LogP contribution in [-0.4, -0.2) is 33.3 Å². The Bertz CT molecular complexity index is 164. The molecule has 1 fully saturated rings. The van der Waals surface area contributed by atoms with Crippen LogP contribution in [0.15, 0.2) is 0 Å². The molecule has 0 aromatic heterocycles. The van der Waals surface area contributed by atoms with Gasteiger partial charge in [-0.1, -0.05) is 0 Å². The van der Waals surface area contributed by atoms with Crippen molar-refractivity contribution in [2.24, 2.45) is 0 Å². The van der Waals surface area contributed by atoms with Crippen LogP contribution in [0.5, 0.6) is 0 Å². The molecule has 4 heteroatoms. The second-order valence-electron chi connectivity index (χ2n) is 3.23. The molecule has 0 aromatic carbocycles. The lowest BCUT2D eigenvalue weighted by atomic mass is 9.91. The zero-order valence-corrected chi connectivity index (χ0v) is 7.77. The van der Waals surface area contributed by atoms with Gasteiger partial charge in [-0.2, -0.15) is 11.8 Å². The molecular formula is C8H14O3S. The van der Waals surface area contributed by atoms with Crippen LogP contribution in [0.4, 0.5) is 0 Å². The van der Waals surface area contributed by atoms with Gasteiger partial charge in [-0.3, -0.25) is 4.79 Å². The number of carboxylic acids is 1. The number of aliphatic hydroxyl groups is 1. The minimum absolute atomic E-state index is 0.0845. The third-order valence-electron chi connectivity index (χ3n) is 2.23. The van der Waals surface area contributed by atoms with Gasteiger partial charge in [-0.25, -0.2) is 0 Å². The average molecular weight is 190 g/mol. The average Bonchev–Trinajstić information content (AvgIpc) is 2.03. The molecule has 1 heterocycles. The Balaban J connectivity index is 2.31. The smallest absolute Gasteiger partial charge is 0.303 e. The van der Waals surface area contributed by atoms with E-state index in [1.165, 1.54) is 0 Å². The normalized spacial score (nSPS) is 22.1. The standard InChI is InChI=1S/C8H14O3S/c9-7(10)1-2-8(11)3-5-12-6-4-8/h11H,1-6H2,(H,9,10). The van der Waals surface area contributed by atoms with Crippen molar-refractivity contribution in [3.63, 3.8) is 0 Å². The molecule has 1 rings (SSSR count). The molecule has 0 aliphatic carbocycles. The quantitative estimate of drug-likeness (QED) is 0.700. The van der Waals surface area contributed by atoms with Gasteiger partial charge >= 0.3 is 5.97 Å². The van der Waals surface area contributed by atoms with Crippen LogP contribution in [0.2, 0.25) is 0 Å². The van der Waals surface area contributed by atoms with Gasteiger partial charge in [0.1, 0.15) is 0 Å². The highest BCUT2D eigenvalue weighted by atomic mass is 32.2. The summed E-state index contributed by atoms with van der Waals surface area (Å²) in [7, 11) is 0. The predicted octanol–water partition coefficient (Wildman–Crippen LogP) is 1.11. The number of carboxylic acid groups (broad SMARTS) is 1. The maximum Gasteiger partial charge on any atom is 0.303 e. The lowest BCUT2D eigenvalue weighted by Gasteiger charge is -2.31. The van der Waals surface area contributed by atoms with E-state index in [0.717, 1.165) is 24.3 Å². The molecule has 0 atom stereocenters. The van der Waals surface area contributed by atoms with E-state index >= 15 is 0 Å². The van der Waals surface area contributed by atoms with Gasteiger partial charge in [0.05, 0.1) is 5.60 Å². The molecule has 0 saturated carbocycles. The van der Waals surface area contributed by atoms with Gasteiger partial charge < -0.3 is 10.2 Å². The fraction of sp³-hybridized carbons (Fsp3) is 0.875. The van der Waals surface area contributed by atoms with Crippen molar-refractivity contribution in [1.29, 1.82) is 0 Å². The summed E-state index contributed by atoms with van der Waals surface area (Å²) in [5.41, 5.74) is -0.691. The second kappa shape index (κ2) is 4.14. The van der Waals surface area contributed by atoms with Gasteiger partial charge in [-0.15, -0.1) is 0 Å². The third kappa shape index (κ3) is 3.03. The fourth-order valence-electron chi connectivity index (χ4n) is 1.34. The van der Waals surface area contributed by atoms with Gasteiger partial charge in [0.25, 0.3) is 0 Å². The molecule has 12 heavy (non-hydrogen) atoms. The molecule has 1 aliphatic heterocycles. The maximum absolute atomic E-state index is 10.3. The molecule has 0 amide bonds. The van der Waals surface area contributed by atoms with E-state index in [4.69, 9.17) is 5.11 Å². The van der Waals surface area contributed by atoms with Crippen LogP contribution in [0.1, 0.15) is 25.7 Å². The van der Waals surface area contributed by atoms with Crippen LogP contribution in [0.3, 0.4) is 0 Å². The number of hydrogen-bond donors (Lipinski definition) is 2. The number of rotatable bonds is 3. The Morgan fingerprint density at radius 1 is 1.42 bits per heavy atom. The summed E-state index contributed by atoms with van der Waals surface area (Å²) in [6.45, 7) is 0. The summed E-state index contributed by atoms with van der Waals surface area (Å²) >= 11 is 1.82. The zero-order valence-electron chi connectivity index (χ0n) is 6.95. The first-order valence-electron chi connectivity index (χ1n) is 4.14. The van der Waals surface area contributed by atoms with Crippen molar-refractivity contribution < 1.29 is 15.0 Å². The van der Waals surface area contributed by atoms with E-state index in [9.17, 15) is 9.90 Å². The van der Waals surface area contributed by atoms with Crippen molar-refractivity contribution in [3.05, 3.63) is 0 Å². The minimum atomic E-state index is -0.818. The number of hydrogen-bond acceptors (Lipinski definition) is 3. The second-order valence-corrected chi connectivity index (χ2v) is 4.46. The highest BCUT2D eigenvalue weighted by molar-refractivity contribution is 7.99. The Labute approximate surface area is 76.2 Å². The number of aliphatic carboxylic acids is 1. The van der Waals surface area contributed by atoms with E-state index in [2.05, 4.69) is 0 Å². The molecule has 0 radical (unpaired) electrons. The first-order valence-corrected chi connectivity index (χ1v) is 5.30. The lowest BCUT2D eigenvalue weighted by Crippen LogP contribution is -2.33. The summed E-state index contributed by atoms with van der Waals surface area (Å²) < 4.78 is 0. The van der Waals surface area contributed by atoms with Crippen LogP contribution < -0.4 is 0 Å². The fourth-order valence-corrected chi connectivity index (χ4v) is 2.59. The van der Waals surface area contributed by atoms with Gasteiger partial charge in [-0.05, 0) is 30.8 Å². The third-order valence-corrected chi connectivity index (χ3v) is 3.21. The summed E-state index contributed by atoms with van der Waals surface area (Å²) in [5, 5.41) is 18.3.